The normalized spacial score (nSPS) is 10.5. The molecule has 29 heavy (non-hydrogen) atoms. The van der Waals surface area contributed by atoms with Crippen molar-refractivity contribution in [2.45, 2.75) is 13.0 Å². The number of aromatic nitrogens is 1. The fourth-order valence-corrected chi connectivity index (χ4v) is 3.32. The zero-order chi connectivity index (χ0) is 19.7. The minimum Gasteiger partial charge on any atom is -0.457 e. The van der Waals surface area contributed by atoms with Crippen LogP contribution in [0.15, 0.2) is 116 Å². The Bertz CT molecular complexity index is 948. The molecule has 0 unspecified atom stereocenters. The van der Waals surface area contributed by atoms with Crippen LogP contribution in [-0.2, 0) is 6.54 Å². The maximum absolute atomic E-state index is 5.87. The second kappa shape index (κ2) is 9.56. The van der Waals surface area contributed by atoms with E-state index < -0.39 is 0 Å². The third-order valence-corrected chi connectivity index (χ3v) is 4.77. The summed E-state index contributed by atoms with van der Waals surface area (Å²) in [5.41, 5.74) is 2.44. The zero-order valence-electron chi connectivity index (χ0n) is 16.4. The van der Waals surface area contributed by atoms with Crippen molar-refractivity contribution in [1.82, 2.24) is 0 Å². The molecule has 3 heteroatoms. The van der Waals surface area contributed by atoms with Gasteiger partial charge in [-0.3, -0.25) is 0 Å². The topological polar surface area (TPSA) is 16.4 Å². The van der Waals surface area contributed by atoms with Crippen LogP contribution in [0.5, 0.6) is 11.5 Å². The summed E-state index contributed by atoms with van der Waals surface area (Å²) in [5.74, 6) is 1.70. The largest absolute Gasteiger partial charge is 0.457 e. The molecular formula is C26H25N2O+. The third-order valence-electron chi connectivity index (χ3n) is 4.77. The summed E-state index contributed by atoms with van der Waals surface area (Å²) in [6, 6.07) is 35.0. The van der Waals surface area contributed by atoms with Gasteiger partial charge in [-0.2, -0.15) is 0 Å². The van der Waals surface area contributed by atoms with E-state index in [-0.39, 0.29) is 0 Å². The molecule has 1 heterocycles. The number of benzene rings is 3. The van der Waals surface area contributed by atoms with Crippen molar-refractivity contribution in [3.8, 4) is 11.5 Å². The molecule has 0 N–H and O–H groups in total. The average Bonchev–Trinajstić information content (AvgIpc) is 2.80. The third kappa shape index (κ3) is 5.23. The summed E-state index contributed by atoms with van der Waals surface area (Å²) >= 11 is 0. The summed E-state index contributed by atoms with van der Waals surface area (Å²) < 4.78 is 8.07. The summed E-state index contributed by atoms with van der Waals surface area (Å²) in [7, 11) is 0. The Morgan fingerprint density at radius 1 is 0.586 bits per heavy atom. The number of rotatable bonds is 8. The van der Waals surface area contributed by atoms with Gasteiger partial charge in [0.05, 0.1) is 0 Å². The lowest BCUT2D eigenvalue weighted by atomic mass is 10.2. The van der Waals surface area contributed by atoms with Gasteiger partial charge in [0.25, 0.3) is 0 Å². The lowest BCUT2D eigenvalue weighted by Crippen LogP contribution is -2.34. The lowest BCUT2D eigenvalue weighted by molar-refractivity contribution is -0.697. The molecule has 0 saturated carbocycles. The van der Waals surface area contributed by atoms with Gasteiger partial charge in [0.15, 0.2) is 12.4 Å². The minimum atomic E-state index is 0.850. The summed E-state index contributed by atoms with van der Waals surface area (Å²) in [4.78, 5) is 2.37. The Labute approximate surface area is 172 Å². The molecule has 0 radical (unpaired) electrons. The number of ether oxygens (including phenoxy) is 1. The Morgan fingerprint density at radius 2 is 1.07 bits per heavy atom. The van der Waals surface area contributed by atoms with E-state index in [1.165, 1.54) is 11.4 Å². The molecule has 0 aliphatic rings. The van der Waals surface area contributed by atoms with E-state index in [0.717, 1.165) is 31.0 Å². The van der Waals surface area contributed by atoms with Gasteiger partial charge in [-0.25, -0.2) is 4.57 Å². The van der Waals surface area contributed by atoms with Crippen LogP contribution in [-0.4, -0.2) is 6.54 Å². The standard InChI is InChI=1S/C26H25N2O/c1-4-11-23(12-5-1)28(24-13-6-2-7-14-24)20-10-19-27-21-17-26(18-22-27)29-25-15-8-3-9-16-25/h1-9,11-18,21-22H,10,19-20H2/q+1. The van der Waals surface area contributed by atoms with Crippen LogP contribution in [0.2, 0.25) is 0 Å². The number of anilines is 2. The predicted octanol–water partition coefficient (Wildman–Crippen LogP) is 5.99. The van der Waals surface area contributed by atoms with Crippen LogP contribution in [0.25, 0.3) is 0 Å². The number of para-hydroxylation sites is 3. The van der Waals surface area contributed by atoms with E-state index in [2.05, 4.69) is 82.5 Å². The van der Waals surface area contributed by atoms with Crippen molar-refractivity contribution in [1.29, 1.82) is 0 Å². The molecule has 4 rings (SSSR count). The van der Waals surface area contributed by atoms with Gasteiger partial charge in [0.1, 0.15) is 18.0 Å². The molecule has 0 bridgehead atoms. The van der Waals surface area contributed by atoms with Gasteiger partial charge in [-0.1, -0.05) is 54.6 Å². The first kappa shape index (κ1) is 18.8. The van der Waals surface area contributed by atoms with Crippen molar-refractivity contribution in [2.75, 3.05) is 11.4 Å². The van der Waals surface area contributed by atoms with Crippen molar-refractivity contribution in [3.63, 3.8) is 0 Å². The van der Waals surface area contributed by atoms with Crippen molar-refractivity contribution in [3.05, 3.63) is 116 Å². The average molecular weight is 381 g/mol. The highest BCUT2D eigenvalue weighted by Gasteiger charge is 2.10. The van der Waals surface area contributed by atoms with E-state index >= 15 is 0 Å². The number of nitrogens with zero attached hydrogens (tertiary/aromatic N) is 2. The Balaban J connectivity index is 1.37. The highest BCUT2D eigenvalue weighted by molar-refractivity contribution is 5.62. The zero-order valence-corrected chi connectivity index (χ0v) is 16.4. The SMILES string of the molecule is c1ccc(Oc2cc[n+](CCCN(c3ccccc3)c3ccccc3)cc2)cc1. The molecule has 3 aromatic carbocycles. The Kier molecular flexibility index (Phi) is 6.18. The minimum absolute atomic E-state index is 0.850. The number of pyridine rings is 1. The molecule has 0 atom stereocenters. The maximum Gasteiger partial charge on any atom is 0.172 e. The molecule has 1 aromatic heterocycles. The summed E-state index contributed by atoms with van der Waals surface area (Å²) in [6.45, 7) is 1.89. The fourth-order valence-electron chi connectivity index (χ4n) is 3.32. The second-order valence-corrected chi connectivity index (χ2v) is 6.86. The molecule has 0 aliphatic heterocycles. The smallest absolute Gasteiger partial charge is 0.172 e. The lowest BCUT2D eigenvalue weighted by Gasteiger charge is -2.24. The van der Waals surface area contributed by atoms with Gasteiger partial charge in [-0.15, -0.1) is 0 Å². The maximum atomic E-state index is 5.87. The molecule has 3 nitrogen and oxygen atoms in total. The van der Waals surface area contributed by atoms with E-state index in [4.69, 9.17) is 4.74 Å². The van der Waals surface area contributed by atoms with Crippen LogP contribution in [0.3, 0.4) is 0 Å². The molecule has 0 spiro atoms. The molecule has 0 aliphatic carbocycles. The Morgan fingerprint density at radius 3 is 1.62 bits per heavy atom. The highest BCUT2D eigenvalue weighted by atomic mass is 16.5. The number of aryl methyl sites for hydroxylation is 1. The Hall–Kier alpha value is -3.59. The summed E-state index contributed by atoms with van der Waals surface area (Å²) in [6.07, 6.45) is 5.19. The number of hydrogen-bond acceptors (Lipinski definition) is 2. The number of hydrogen-bond donors (Lipinski definition) is 0. The van der Waals surface area contributed by atoms with Gasteiger partial charge >= 0.3 is 0 Å². The van der Waals surface area contributed by atoms with Crippen LogP contribution < -0.4 is 14.2 Å². The van der Waals surface area contributed by atoms with Gasteiger partial charge in [0, 0.05) is 36.5 Å². The summed E-state index contributed by atoms with van der Waals surface area (Å²) in [5, 5.41) is 0. The van der Waals surface area contributed by atoms with E-state index in [9.17, 15) is 0 Å². The van der Waals surface area contributed by atoms with Crippen LogP contribution >= 0.6 is 0 Å². The van der Waals surface area contributed by atoms with Crippen molar-refractivity contribution in [2.24, 2.45) is 0 Å². The predicted molar refractivity (Wildman–Crippen MR) is 118 cm³/mol. The molecule has 4 aromatic rings. The van der Waals surface area contributed by atoms with Gasteiger partial charge < -0.3 is 9.64 Å². The second-order valence-electron chi connectivity index (χ2n) is 6.86. The van der Waals surface area contributed by atoms with Gasteiger partial charge in [0.2, 0.25) is 0 Å². The van der Waals surface area contributed by atoms with Crippen molar-refractivity contribution >= 4 is 11.4 Å². The van der Waals surface area contributed by atoms with Crippen LogP contribution in [0.4, 0.5) is 11.4 Å². The highest BCUT2D eigenvalue weighted by Crippen LogP contribution is 2.25. The van der Waals surface area contributed by atoms with E-state index in [1.54, 1.807) is 0 Å². The molecule has 144 valence electrons. The fraction of sp³-hybridized carbons (Fsp3) is 0.115. The first-order valence-corrected chi connectivity index (χ1v) is 9.98. The molecule has 0 saturated heterocycles. The van der Waals surface area contributed by atoms with Crippen LogP contribution in [0.1, 0.15) is 6.42 Å². The van der Waals surface area contributed by atoms with Gasteiger partial charge in [-0.05, 0) is 36.4 Å². The van der Waals surface area contributed by atoms with E-state index in [0.29, 0.717) is 0 Å². The molecule has 0 amide bonds. The monoisotopic (exact) mass is 381 g/mol. The molecular weight excluding hydrogens is 356 g/mol. The van der Waals surface area contributed by atoms with Crippen molar-refractivity contribution < 1.29 is 9.30 Å². The molecule has 0 fully saturated rings. The first-order valence-electron chi connectivity index (χ1n) is 9.98. The van der Waals surface area contributed by atoms with E-state index in [1.807, 2.05) is 42.5 Å². The first-order chi connectivity index (χ1) is 14.4. The van der Waals surface area contributed by atoms with Crippen LogP contribution in [0, 0.1) is 0 Å². The quantitative estimate of drug-likeness (QED) is 0.348.